The lowest BCUT2D eigenvalue weighted by Gasteiger charge is -2.10. The lowest BCUT2D eigenvalue weighted by molar-refractivity contribution is 0.411. The molecule has 0 saturated heterocycles. The van der Waals surface area contributed by atoms with E-state index in [1.807, 2.05) is 13.0 Å². The second-order valence-electron chi connectivity index (χ2n) is 4.73. The molecule has 4 N–H and O–H groups in total. The molecule has 21 heavy (non-hydrogen) atoms. The summed E-state index contributed by atoms with van der Waals surface area (Å²) in [6, 6.07) is 6.24. The molecule has 0 bridgehead atoms. The molecule has 7 heteroatoms. The number of ether oxygens (including phenoxy) is 1. The largest absolute Gasteiger partial charge is 0.496 e. The molecule has 1 aromatic heterocycles. The van der Waals surface area contributed by atoms with Crippen molar-refractivity contribution in [3.63, 3.8) is 0 Å². The fraction of sp³-hybridized carbons (Fsp3) is 0.429. The Kier molecular flexibility index (Phi) is 5.46. The third kappa shape index (κ3) is 3.89. The first kappa shape index (κ1) is 15.7. The van der Waals surface area contributed by atoms with Crippen molar-refractivity contribution < 1.29 is 4.74 Å². The Hall–Kier alpha value is -1.73. The Balaban J connectivity index is 2.11. The van der Waals surface area contributed by atoms with Crippen LogP contribution in [0.5, 0.6) is 5.75 Å². The maximum absolute atomic E-state index is 5.86. The lowest BCUT2D eigenvalue weighted by atomic mass is 10.1. The molecule has 0 aliphatic rings. The minimum atomic E-state index is 0.696. The standard InChI is InChI=1S/C14H21N5OS/c1-10-17-18-14(19(10)16)21-9-12-8-11(4-3-7-15)5-6-13(12)20-2/h5-6,8H,3-4,7,9,15-16H2,1-2H3. The minimum Gasteiger partial charge on any atom is -0.496 e. The van der Waals surface area contributed by atoms with Crippen LogP contribution >= 0.6 is 11.8 Å². The van der Waals surface area contributed by atoms with Gasteiger partial charge in [0.25, 0.3) is 0 Å². The number of nitrogens with two attached hydrogens (primary N) is 2. The number of aromatic nitrogens is 3. The first-order valence-electron chi connectivity index (χ1n) is 6.81. The number of rotatable bonds is 7. The molecular formula is C14H21N5OS. The maximum Gasteiger partial charge on any atom is 0.210 e. The van der Waals surface area contributed by atoms with Crippen LogP contribution in [0.2, 0.25) is 0 Å². The predicted octanol–water partition coefficient (Wildman–Crippen LogP) is 1.49. The lowest BCUT2D eigenvalue weighted by Crippen LogP contribution is -2.11. The summed E-state index contributed by atoms with van der Waals surface area (Å²) in [6.45, 7) is 2.52. The molecule has 0 radical (unpaired) electrons. The Labute approximate surface area is 128 Å². The number of hydrogen-bond acceptors (Lipinski definition) is 6. The summed E-state index contributed by atoms with van der Waals surface area (Å²) in [4.78, 5) is 0. The smallest absolute Gasteiger partial charge is 0.210 e. The van der Waals surface area contributed by atoms with E-state index in [0.717, 1.165) is 29.9 Å². The second kappa shape index (κ2) is 7.33. The van der Waals surface area contributed by atoms with E-state index in [1.165, 1.54) is 10.2 Å². The van der Waals surface area contributed by atoms with Crippen LogP contribution in [0.25, 0.3) is 0 Å². The van der Waals surface area contributed by atoms with E-state index < -0.39 is 0 Å². The topological polar surface area (TPSA) is 92.0 Å². The number of nitrogen functional groups attached to an aromatic ring is 1. The van der Waals surface area contributed by atoms with Crippen molar-refractivity contribution in [2.75, 3.05) is 19.5 Å². The molecule has 0 saturated carbocycles. The summed E-state index contributed by atoms with van der Waals surface area (Å²) in [5.74, 6) is 8.16. The zero-order valence-electron chi connectivity index (χ0n) is 12.4. The molecule has 1 heterocycles. The third-order valence-corrected chi connectivity index (χ3v) is 4.20. The van der Waals surface area contributed by atoms with Gasteiger partial charge in [-0.15, -0.1) is 10.2 Å². The van der Waals surface area contributed by atoms with Crippen molar-refractivity contribution in [2.45, 2.75) is 30.7 Å². The molecule has 0 atom stereocenters. The summed E-state index contributed by atoms with van der Waals surface area (Å²) in [5, 5.41) is 8.70. The van der Waals surface area contributed by atoms with Gasteiger partial charge in [-0.1, -0.05) is 23.9 Å². The predicted molar refractivity (Wildman–Crippen MR) is 84.8 cm³/mol. The summed E-state index contributed by atoms with van der Waals surface area (Å²) < 4.78 is 6.91. The van der Waals surface area contributed by atoms with Crippen LogP contribution in [0.15, 0.2) is 23.4 Å². The molecule has 0 amide bonds. The third-order valence-electron chi connectivity index (χ3n) is 3.21. The zero-order chi connectivity index (χ0) is 15.2. The van der Waals surface area contributed by atoms with Crippen LogP contribution in [0.4, 0.5) is 0 Å². The van der Waals surface area contributed by atoms with E-state index in [2.05, 4.69) is 22.3 Å². The van der Waals surface area contributed by atoms with Gasteiger partial charge < -0.3 is 16.3 Å². The van der Waals surface area contributed by atoms with Crippen LogP contribution in [-0.2, 0) is 12.2 Å². The number of thioether (sulfide) groups is 1. The second-order valence-corrected chi connectivity index (χ2v) is 5.67. The number of hydrogen-bond donors (Lipinski definition) is 2. The van der Waals surface area contributed by atoms with E-state index in [9.17, 15) is 0 Å². The molecule has 0 unspecified atom stereocenters. The molecule has 0 spiro atoms. The van der Waals surface area contributed by atoms with Crippen molar-refractivity contribution in [3.8, 4) is 5.75 Å². The van der Waals surface area contributed by atoms with Crippen molar-refractivity contribution in [3.05, 3.63) is 35.2 Å². The molecule has 6 nitrogen and oxygen atoms in total. The van der Waals surface area contributed by atoms with Gasteiger partial charge in [0.15, 0.2) is 0 Å². The average molecular weight is 307 g/mol. The van der Waals surface area contributed by atoms with Crippen LogP contribution in [0.1, 0.15) is 23.4 Å². The Morgan fingerprint density at radius 2 is 2.14 bits per heavy atom. The Morgan fingerprint density at radius 1 is 1.33 bits per heavy atom. The summed E-state index contributed by atoms with van der Waals surface area (Å²) >= 11 is 1.54. The summed E-state index contributed by atoms with van der Waals surface area (Å²) in [6.07, 6.45) is 1.96. The molecule has 2 aromatic rings. The summed E-state index contributed by atoms with van der Waals surface area (Å²) in [7, 11) is 1.68. The van der Waals surface area contributed by atoms with Crippen molar-refractivity contribution >= 4 is 11.8 Å². The number of methoxy groups -OCH3 is 1. The van der Waals surface area contributed by atoms with Gasteiger partial charge in [-0.2, -0.15) is 0 Å². The molecule has 1 aromatic carbocycles. The zero-order valence-corrected chi connectivity index (χ0v) is 13.2. The van der Waals surface area contributed by atoms with E-state index >= 15 is 0 Å². The minimum absolute atomic E-state index is 0.696. The van der Waals surface area contributed by atoms with Gasteiger partial charge in [-0.05, 0) is 37.9 Å². The first-order chi connectivity index (χ1) is 10.2. The van der Waals surface area contributed by atoms with E-state index in [0.29, 0.717) is 17.5 Å². The Bertz CT molecular complexity index is 599. The van der Waals surface area contributed by atoms with Crippen LogP contribution in [0.3, 0.4) is 0 Å². The van der Waals surface area contributed by atoms with Crippen LogP contribution in [0, 0.1) is 6.92 Å². The van der Waals surface area contributed by atoms with E-state index in [4.69, 9.17) is 16.3 Å². The van der Waals surface area contributed by atoms with Crippen LogP contribution < -0.4 is 16.3 Å². The van der Waals surface area contributed by atoms with Gasteiger partial charge in [0.05, 0.1) is 7.11 Å². The number of benzene rings is 1. The Morgan fingerprint density at radius 3 is 2.76 bits per heavy atom. The molecular weight excluding hydrogens is 286 g/mol. The molecule has 0 aliphatic carbocycles. The highest BCUT2D eigenvalue weighted by Crippen LogP contribution is 2.28. The van der Waals surface area contributed by atoms with Gasteiger partial charge >= 0.3 is 0 Å². The molecule has 0 fully saturated rings. The average Bonchev–Trinajstić information content (AvgIpc) is 2.82. The fourth-order valence-corrected chi connectivity index (χ4v) is 2.88. The maximum atomic E-state index is 5.86. The molecule has 2 rings (SSSR count). The van der Waals surface area contributed by atoms with Crippen molar-refractivity contribution in [1.29, 1.82) is 0 Å². The van der Waals surface area contributed by atoms with Crippen molar-refractivity contribution in [1.82, 2.24) is 14.9 Å². The van der Waals surface area contributed by atoms with Crippen molar-refractivity contribution in [2.24, 2.45) is 5.73 Å². The van der Waals surface area contributed by atoms with Gasteiger partial charge in [0, 0.05) is 11.3 Å². The van der Waals surface area contributed by atoms with Gasteiger partial charge in [-0.25, -0.2) is 4.68 Å². The van der Waals surface area contributed by atoms with Gasteiger partial charge in [0.1, 0.15) is 11.6 Å². The number of nitrogens with zero attached hydrogens (tertiary/aromatic N) is 3. The number of aryl methyl sites for hydroxylation is 2. The monoisotopic (exact) mass is 307 g/mol. The quantitative estimate of drug-likeness (QED) is 0.595. The molecule has 114 valence electrons. The normalized spacial score (nSPS) is 10.8. The van der Waals surface area contributed by atoms with E-state index in [-0.39, 0.29) is 0 Å². The van der Waals surface area contributed by atoms with E-state index in [1.54, 1.807) is 18.9 Å². The van der Waals surface area contributed by atoms with Crippen LogP contribution in [-0.4, -0.2) is 28.5 Å². The van der Waals surface area contributed by atoms with Gasteiger partial charge in [0.2, 0.25) is 5.16 Å². The highest BCUT2D eigenvalue weighted by molar-refractivity contribution is 7.98. The molecule has 0 aliphatic heterocycles. The highest BCUT2D eigenvalue weighted by Gasteiger charge is 2.10. The van der Waals surface area contributed by atoms with Gasteiger partial charge in [-0.3, -0.25) is 0 Å². The SMILES string of the molecule is COc1ccc(CCCN)cc1CSc1nnc(C)n1N. The summed E-state index contributed by atoms with van der Waals surface area (Å²) in [5.41, 5.74) is 7.95. The fourth-order valence-electron chi connectivity index (χ4n) is 2.00. The first-order valence-corrected chi connectivity index (χ1v) is 7.80. The highest BCUT2D eigenvalue weighted by atomic mass is 32.2.